The number of pyridine rings is 1. The van der Waals surface area contributed by atoms with Crippen molar-refractivity contribution in [2.24, 2.45) is 4.99 Å². The van der Waals surface area contributed by atoms with E-state index < -0.39 is 0 Å². The number of para-hydroxylation sites is 2. The molecule has 0 radical (unpaired) electrons. The van der Waals surface area contributed by atoms with Crippen molar-refractivity contribution in [1.29, 1.82) is 0 Å². The molecule has 0 aliphatic heterocycles. The molecule has 0 amide bonds. The van der Waals surface area contributed by atoms with E-state index in [1.807, 2.05) is 48.7 Å². The zero-order chi connectivity index (χ0) is 28.0. The van der Waals surface area contributed by atoms with E-state index in [1.165, 1.54) is 10.8 Å². The van der Waals surface area contributed by atoms with Crippen molar-refractivity contribution in [1.82, 2.24) is 9.55 Å². The summed E-state index contributed by atoms with van der Waals surface area (Å²) in [5.41, 5.74) is 7.91. The maximum atomic E-state index is 11.9. The second-order valence-electron chi connectivity index (χ2n) is 9.88. The topological polar surface area (TPSA) is 59.3 Å². The molecule has 6 rings (SSSR count). The minimum absolute atomic E-state index is 0.646. The Balaban J connectivity index is 1.41. The number of nitrogens with one attached hydrogen (secondary N) is 1. The van der Waals surface area contributed by atoms with Crippen molar-refractivity contribution in [2.45, 2.75) is 12.8 Å². The summed E-state index contributed by atoms with van der Waals surface area (Å²) in [4.78, 5) is 20.3. The third-order valence-electron chi connectivity index (χ3n) is 7.32. The maximum Gasteiger partial charge on any atom is 0.152 e. The molecule has 1 N–H and O–H groups in total. The first-order valence-electron chi connectivity index (χ1n) is 13.8. The molecular weight excluding hydrogens is 504 g/mol. The zero-order valence-electron chi connectivity index (χ0n) is 22.7. The number of aliphatic imine (C=N–C) groups is 1. The molecule has 0 spiro atoms. The second-order valence-corrected chi connectivity index (χ2v) is 9.88. The number of nitrogens with zero attached hydrogens (tertiary/aromatic N) is 3. The third kappa shape index (κ3) is 5.18. The van der Waals surface area contributed by atoms with Crippen LogP contribution in [0, 0.1) is 0 Å². The van der Waals surface area contributed by atoms with Crippen molar-refractivity contribution in [3.05, 3.63) is 127 Å². The van der Waals surface area contributed by atoms with Gasteiger partial charge in [0.1, 0.15) is 0 Å². The van der Waals surface area contributed by atoms with Crippen LogP contribution in [-0.2, 0) is 0 Å². The molecule has 0 unspecified atom stereocenters. The van der Waals surface area contributed by atoms with Crippen LogP contribution < -0.4 is 5.32 Å². The number of hydrogen-bond acceptors (Lipinski definition) is 4. The smallest absolute Gasteiger partial charge is 0.152 e. The monoisotopic (exact) mass is 534 g/mol. The number of carbonyl (C=O) groups excluding carboxylic acids is 1. The molecule has 200 valence electrons. The van der Waals surface area contributed by atoms with Gasteiger partial charge in [0.05, 0.1) is 16.6 Å². The van der Waals surface area contributed by atoms with Crippen LogP contribution in [0.1, 0.15) is 23.2 Å². The predicted molar refractivity (Wildman–Crippen MR) is 172 cm³/mol. The highest BCUT2D eigenvalue weighted by atomic mass is 16.1. The van der Waals surface area contributed by atoms with E-state index in [2.05, 4.69) is 88.3 Å². The lowest BCUT2D eigenvalue weighted by Gasteiger charge is -2.13. The van der Waals surface area contributed by atoms with Gasteiger partial charge in [-0.2, -0.15) is 0 Å². The van der Waals surface area contributed by atoms with E-state index in [1.54, 1.807) is 6.20 Å². The molecule has 41 heavy (non-hydrogen) atoms. The van der Waals surface area contributed by atoms with E-state index in [-0.39, 0.29) is 0 Å². The highest BCUT2D eigenvalue weighted by Gasteiger charge is 2.17. The lowest BCUT2D eigenvalue weighted by Crippen LogP contribution is -2.05. The summed E-state index contributed by atoms with van der Waals surface area (Å²) in [6.07, 6.45) is 12.3. The molecule has 5 nitrogen and oxygen atoms in total. The van der Waals surface area contributed by atoms with Crippen LogP contribution in [0.3, 0.4) is 0 Å². The third-order valence-corrected chi connectivity index (χ3v) is 7.32. The second kappa shape index (κ2) is 11.8. The number of hydrogen-bond donors (Lipinski definition) is 1. The van der Waals surface area contributed by atoms with Crippen LogP contribution >= 0.6 is 0 Å². The summed E-state index contributed by atoms with van der Waals surface area (Å²) in [5, 5.41) is 6.96. The number of rotatable bonds is 10. The molecular formula is C36H30N4O. The number of anilines is 1. The van der Waals surface area contributed by atoms with Gasteiger partial charge in [-0.05, 0) is 73.7 Å². The normalized spacial score (nSPS) is 11.7. The Bertz CT molecular complexity index is 1950. The Kier molecular flexibility index (Phi) is 7.50. The Morgan fingerprint density at radius 2 is 1.76 bits per heavy atom. The van der Waals surface area contributed by atoms with Crippen LogP contribution in [0.4, 0.5) is 5.69 Å². The Morgan fingerprint density at radius 3 is 2.66 bits per heavy atom. The molecule has 6 aromatic rings. The molecule has 0 aliphatic carbocycles. The summed E-state index contributed by atoms with van der Waals surface area (Å²) in [5.74, 6) is 0. The summed E-state index contributed by atoms with van der Waals surface area (Å²) in [7, 11) is 0. The van der Waals surface area contributed by atoms with Crippen LogP contribution in [0.2, 0.25) is 0 Å². The van der Waals surface area contributed by atoms with Crippen molar-refractivity contribution in [2.75, 3.05) is 11.9 Å². The average Bonchev–Trinajstić information content (AvgIpc) is 3.36. The maximum absolute atomic E-state index is 11.9. The van der Waals surface area contributed by atoms with Crippen LogP contribution in [-0.4, -0.2) is 29.1 Å². The Labute approximate surface area is 239 Å². The molecule has 0 saturated carbocycles. The molecule has 0 saturated heterocycles. The highest BCUT2D eigenvalue weighted by Crippen LogP contribution is 2.39. The van der Waals surface area contributed by atoms with E-state index in [9.17, 15) is 4.79 Å². The van der Waals surface area contributed by atoms with Gasteiger partial charge in [0.25, 0.3) is 0 Å². The number of fused-ring (bicyclic) bond motifs is 4. The molecule has 0 bridgehead atoms. The van der Waals surface area contributed by atoms with Gasteiger partial charge in [0.15, 0.2) is 6.29 Å². The molecule has 0 atom stereocenters. The van der Waals surface area contributed by atoms with Gasteiger partial charge < -0.3 is 9.88 Å². The van der Waals surface area contributed by atoms with Crippen LogP contribution in [0.5, 0.6) is 0 Å². The van der Waals surface area contributed by atoms with E-state index >= 15 is 0 Å². The van der Waals surface area contributed by atoms with Gasteiger partial charge in [-0.3, -0.25) is 14.8 Å². The lowest BCUT2D eigenvalue weighted by molar-refractivity contribution is 0.112. The van der Waals surface area contributed by atoms with Gasteiger partial charge >= 0.3 is 0 Å². The summed E-state index contributed by atoms with van der Waals surface area (Å²) in [6.45, 7) is 4.19. The highest BCUT2D eigenvalue weighted by molar-refractivity contribution is 6.16. The summed E-state index contributed by atoms with van der Waals surface area (Å²) >= 11 is 0. The number of aldehydes is 1. The fourth-order valence-electron chi connectivity index (χ4n) is 5.42. The zero-order valence-corrected chi connectivity index (χ0v) is 22.7. The Hall–Kier alpha value is -5.29. The fraction of sp³-hybridized carbons (Fsp3) is 0.0833. The van der Waals surface area contributed by atoms with Crippen molar-refractivity contribution in [3.8, 4) is 16.8 Å². The predicted octanol–water partition coefficient (Wildman–Crippen LogP) is 8.77. The van der Waals surface area contributed by atoms with Crippen molar-refractivity contribution >= 4 is 51.4 Å². The average molecular weight is 535 g/mol. The summed E-state index contributed by atoms with van der Waals surface area (Å²) < 4.78 is 2.28. The SMILES string of the molecule is C=N/C=C\C=C/CCCNc1cc(-n2c3ccccc3c3c(-c4cnc5ccccc5c4)cccc32)ccc1C=O. The number of unbranched alkanes of at least 4 members (excludes halogenated alkanes) is 1. The van der Waals surface area contributed by atoms with Gasteiger partial charge in [0.2, 0.25) is 0 Å². The quantitative estimate of drug-likeness (QED) is 0.0827. The molecule has 2 heterocycles. The van der Waals surface area contributed by atoms with Gasteiger partial charge in [-0.1, -0.05) is 60.7 Å². The van der Waals surface area contributed by atoms with Crippen LogP contribution in [0.25, 0.3) is 49.5 Å². The van der Waals surface area contributed by atoms with Crippen LogP contribution in [0.15, 0.2) is 127 Å². The van der Waals surface area contributed by atoms with E-state index in [0.29, 0.717) is 5.56 Å². The van der Waals surface area contributed by atoms with Crippen molar-refractivity contribution in [3.63, 3.8) is 0 Å². The van der Waals surface area contributed by atoms with Gasteiger partial charge in [-0.25, -0.2) is 0 Å². The lowest BCUT2D eigenvalue weighted by atomic mass is 9.99. The number of benzene rings is 4. The minimum atomic E-state index is 0.646. The minimum Gasteiger partial charge on any atom is -0.384 e. The van der Waals surface area contributed by atoms with Crippen molar-refractivity contribution < 1.29 is 4.79 Å². The first-order chi connectivity index (χ1) is 20.3. The van der Waals surface area contributed by atoms with Gasteiger partial charge in [-0.15, -0.1) is 0 Å². The standard InChI is InChI=1S/C36H30N4O/c1-37-20-9-3-2-4-10-21-38-33-23-29(19-18-27(33)25-41)40-34-16-8-6-13-31(34)36-30(14-11-17-35(36)40)28-22-26-12-5-7-15-32(26)39-24-28/h2-3,5-9,11-20,22-25,38H,1,4,10,21H2/b3-2-,20-9-. The molecule has 0 fully saturated rings. The van der Waals surface area contributed by atoms with E-state index in [0.717, 1.165) is 70.1 Å². The first-order valence-corrected chi connectivity index (χ1v) is 13.8. The molecule has 4 aromatic carbocycles. The Morgan fingerprint density at radius 1 is 0.902 bits per heavy atom. The molecule has 2 aromatic heterocycles. The van der Waals surface area contributed by atoms with E-state index in [4.69, 9.17) is 4.98 Å². The summed E-state index contributed by atoms with van der Waals surface area (Å²) in [6, 6.07) is 31.3. The number of carbonyl (C=O) groups is 1. The van der Waals surface area contributed by atoms with Gasteiger partial charge in [0, 0.05) is 57.6 Å². The number of aromatic nitrogens is 2. The molecule has 5 heteroatoms. The number of allylic oxidation sites excluding steroid dienone is 3. The largest absolute Gasteiger partial charge is 0.384 e. The molecule has 0 aliphatic rings. The first kappa shape index (κ1) is 26.0. The fourth-order valence-corrected chi connectivity index (χ4v) is 5.42.